The lowest BCUT2D eigenvalue weighted by Gasteiger charge is -2.44. The minimum Gasteiger partial charge on any atom is -0.342 e. The van der Waals surface area contributed by atoms with Crippen molar-refractivity contribution in [1.29, 1.82) is 0 Å². The Morgan fingerprint density at radius 2 is 1.95 bits per heavy atom. The van der Waals surface area contributed by atoms with Crippen molar-refractivity contribution >= 4 is 23.6 Å². The summed E-state index contributed by atoms with van der Waals surface area (Å²) in [5, 5.41) is 2.96. The molecule has 1 aliphatic carbocycles. The number of hydrogen-bond acceptors (Lipinski definition) is 3. The van der Waals surface area contributed by atoms with Gasteiger partial charge in [-0.1, -0.05) is 20.8 Å². The number of hydrogen-bond donors (Lipinski definition) is 1. The van der Waals surface area contributed by atoms with Crippen LogP contribution >= 0.6 is 11.8 Å². The maximum Gasteiger partial charge on any atom is 0.246 e. The fraction of sp³-hybridized carbons (Fsp3) is 0.867. The van der Waals surface area contributed by atoms with Crippen molar-refractivity contribution in [2.45, 2.75) is 58.7 Å². The Balaban J connectivity index is 2.18. The Morgan fingerprint density at radius 3 is 2.45 bits per heavy atom. The molecule has 3 unspecified atom stereocenters. The lowest BCUT2D eigenvalue weighted by molar-refractivity contribution is -0.153. The summed E-state index contributed by atoms with van der Waals surface area (Å²) in [7, 11) is 0. The normalized spacial score (nSPS) is 28.8. The van der Waals surface area contributed by atoms with E-state index in [9.17, 15) is 9.59 Å². The topological polar surface area (TPSA) is 49.4 Å². The molecule has 0 bridgehead atoms. The summed E-state index contributed by atoms with van der Waals surface area (Å²) in [5.41, 5.74) is 0. The van der Waals surface area contributed by atoms with Gasteiger partial charge in [0.15, 0.2) is 0 Å². The van der Waals surface area contributed by atoms with Crippen molar-refractivity contribution in [3.63, 3.8) is 0 Å². The fourth-order valence-corrected chi connectivity index (χ4v) is 3.69. The first-order valence-corrected chi connectivity index (χ1v) is 8.83. The Labute approximate surface area is 126 Å². The maximum atomic E-state index is 12.8. The van der Waals surface area contributed by atoms with Crippen molar-refractivity contribution in [3.05, 3.63) is 0 Å². The molecule has 0 radical (unpaired) electrons. The average Bonchev–Trinajstić information content (AvgIpc) is 3.21. The van der Waals surface area contributed by atoms with Crippen LogP contribution in [0.4, 0.5) is 0 Å². The monoisotopic (exact) mass is 298 g/mol. The van der Waals surface area contributed by atoms with E-state index in [0.29, 0.717) is 5.92 Å². The molecular formula is C15H26N2O2S. The van der Waals surface area contributed by atoms with Gasteiger partial charge in [-0.15, -0.1) is 0 Å². The van der Waals surface area contributed by atoms with E-state index >= 15 is 0 Å². The molecule has 1 saturated heterocycles. The summed E-state index contributed by atoms with van der Waals surface area (Å²) in [6.45, 7) is 8.22. The molecule has 5 heteroatoms. The largest absolute Gasteiger partial charge is 0.342 e. The Morgan fingerprint density at radius 1 is 1.30 bits per heavy atom. The first-order valence-electron chi connectivity index (χ1n) is 7.67. The molecule has 0 aromatic heterocycles. The van der Waals surface area contributed by atoms with Crippen LogP contribution in [-0.4, -0.2) is 46.3 Å². The van der Waals surface area contributed by atoms with Gasteiger partial charge in [0.1, 0.15) is 12.1 Å². The number of carbonyl (C=O) groups excluding carboxylic acids is 2. The van der Waals surface area contributed by atoms with Gasteiger partial charge in [0, 0.05) is 11.8 Å². The molecule has 4 nitrogen and oxygen atoms in total. The fourth-order valence-electron chi connectivity index (χ4n) is 2.96. The summed E-state index contributed by atoms with van der Waals surface area (Å²) in [5.74, 6) is 2.62. The number of piperazine rings is 1. The quantitative estimate of drug-likeness (QED) is 0.814. The first kappa shape index (κ1) is 15.7. The lowest BCUT2D eigenvalue weighted by Crippen LogP contribution is -2.67. The molecule has 2 rings (SSSR count). The molecule has 2 aliphatic rings. The van der Waals surface area contributed by atoms with Crippen molar-refractivity contribution in [3.8, 4) is 0 Å². The van der Waals surface area contributed by atoms with Crippen LogP contribution in [0.2, 0.25) is 0 Å². The van der Waals surface area contributed by atoms with Gasteiger partial charge in [-0.25, -0.2) is 0 Å². The molecule has 1 N–H and O–H groups in total. The number of carbonyl (C=O) groups is 2. The first-order chi connectivity index (χ1) is 9.47. The third-order valence-electron chi connectivity index (χ3n) is 4.15. The van der Waals surface area contributed by atoms with Crippen LogP contribution in [0, 0.1) is 11.8 Å². The van der Waals surface area contributed by atoms with E-state index in [4.69, 9.17) is 0 Å². The van der Waals surface area contributed by atoms with Gasteiger partial charge in [0.2, 0.25) is 11.8 Å². The summed E-state index contributed by atoms with van der Waals surface area (Å²) in [6, 6.07) is -0.469. The molecule has 1 heterocycles. The number of rotatable bonds is 6. The second kappa shape index (κ2) is 6.37. The SMILES string of the molecule is CCSCC(C)N1C(=O)C(C2CC2)NC(=O)C1C(C)C. The van der Waals surface area contributed by atoms with E-state index in [-0.39, 0.29) is 35.9 Å². The van der Waals surface area contributed by atoms with E-state index in [1.807, 2.05) is 30.5 Å². The standard InChI is InChI=1S/C15H26N2O2S/c1-5-20-8-10(4)17-13(9(2)3)14(18)16-12(15(17)19)11-6-7-11/h9-13H,5-8H2,1-4H3,(H,16,18). The van der Waals surface area contributed by atoms with Crippen molar-refractivity contribution in [1.82, 2.24) is 10.2 Å². The molecular weight excluding hydrogens is 272 g/mol. The van der Waals surface area contributed by atoms with Gasteiger partial charge in [0.25, 0.3) is 0 Å². The zero-order valence-electron chi connectivity index (χ0n) is 12.9. The minimum atomic E-state index is -0.315. The molecule has 0 aromatic rings. The predicted molar refractivity (Wildman–Crippen MR) is 82.6 cm³/mol. The molecule has 2 fully saturated rings. The Hall–Kier alpha value is -0.710. The number of nitrogens with zero attached hydrogens (tertiary/aromatic N) is 1. The number of nitrogens with one attached hydrogen (secondary N) is 1. The van der Waals surface area contributed by atoms with E-state index < -0.39 is 0 Å². The molecule has 3 atom stereocenters. The van der Waals surface area contributed by atoms with Gasteiger partial charge >= 0.3 is 0 Å². The smallest absolute Gasteiger partial charge is 0.246 e. The molecule has 0 spiro atoms. The van der Waals surface area contributed by atoms with Crippen LogP contribution in [0.1, 0.15) is 40.5 Å². The summed E-state index contributed by atoms with van der Waals surface area (Å²) in [6.07, 6.45) is 2.13. The highest BCUT2D eigenvalue weighted by Crippen LogP contribution is 2.36. The van der Waals surface area contributed by atoms with E-state index in [2.05, 4.69) is 19.2 Å². The summed E-state index contributed by atoms with van der Waals surface area (Å²) >= 11 is 1.83. The highest BCUT2D eigenvalue weighted by molar-refractivity contribution is 7.99. The Bertz CT molecular complexity index is 382. The zero-order valence-corrected chi connectivity index (χ0v) is 13.7. The van der Waals surface area contributed by atoms with Crippen LogP contribution < -0.4 is 5.32 Å². The number of thioether (sulfide) groups is 1. The highest BCUT2D eigenvalue weighted by atomic mass is 32.2. The third-order valence-corrected chi connectivity index (χ3v) is 5.28. The second-order valence-corrected chi connectivity index (χ2v) is 7.59. The maximum absolute atomic E-state index is 12.8. The van der Waals surface area contributed by atoms with Crippen molar-refractivity contribution < 1.29 is 9.59 Å². The number of amides is 2. The molecule has 1 aliphatic heterocycles. The minimum absolute atomic E-state index is 0.0323. The summed E-state index contributed by atoms with van der Waals surface area (Å²) in [4.78, 5) is 27.0. The van der Waals surface area contributed by atoms with Gasteiger partial charge in [-0.2, -0.15) is 11.8 Å². The predicted octanol–water partition coefficient (Wildman–Crippen LogP) is 1.89. The average molecular weight is 298 g/mol. The molecule has 20 heavy (non-hydrogen) atoms. The molecule has 1 saturated carbocycles. The van der Waals surface area contributed by atoms with E-state index in [1.165, 1.54) is 0 Å². The van der Waals surface area contributed by atoms with Crippen LogP contribution in [0.15, 0.2) is 0 Å². The van der Waals surface area contributed by atoms with E-state index in [1.54, 1.807) is 0 Å². The summed E-state index contributed by atoms with van der Waals surface area (Å²) < 4.78 is 0. The zero-order chi connectivity index (χ0) is 14.9. The van der Waals surface area contributed by atoms with Gasteiger partial charge in [-0.05, 0) is 37.4 Å². The second-order valence-electron chi connectivity index (χ2n) is 6.27. The third kappa shape index (κ3) is 3.13. The van der Waals surface area contributed by atoms with Crippen molar-refractivity contribution in [2.24, 2.45) is 11.8 Å². The Kier molecular flexibility index (Phi) is 4.99. The van der Waals surface area contributed by atoms with Crippen LogP contribution in [0.3, 0.4) is 0 Å². The van der Waals surface area contributed by atoms with Crippen molar-refractivity contribution in [2.75, 3.05) is 11.5 Å². The van der Waals surface area contributed by atoms with Gasteiger partial charge < -0.3 is 10.2 Å². The van der Waals surface area contributed by atoms with Crippen LogP contribution in [-0.2, 0) is 9.59 Å². The van der Waals surface area contributed by atoms with Gasteiger partial charge in [0.05, 0.1) is 0 Å². The molecule has 114 valence electrons. The molecule has 2 amide bonds. The highest BCUT2D eigenvalue weighted by Gasteiger charge is 2.48. The molecule has 0 aromatic carbocycles. The lowest BCUT2D eigenvalue weighted by atomic mass is 9.94. The van der Waals surface area contributed by atoms with E-state index in [0.717, 1.165) is 24.3 Å². The van der Waals surface area contributed by atoms with Gasteiger partial charge in [-0.3, -0.25) is 9.59 Å². The van der Waals surface area contributed by atoms with Crippen LogP contribution in [0.5, 0.6) is 0 Å². The van der Waals surface area contributed by atoms with Crippen LogP contribution in [0.25, 0.3) is 0 Å².